The highest BCUT2D eigenvalue weighted by Crippen LogP contribution is 2.24. The highest BCUT2D eigenvalue weighted by Gasteiger charge is 2.24. The van der Waals surface area contributed by atoms with E-state index in [-0.39, 0.29) is 22.4 Å². The monoisotopic (exact) mass is 444 g/mol. The van der Waals surface area contributed by atoms with Crippen molar-refractivity contribution in [2.75, 3.05) is 18.0 Å². The maximum Gasteiger partial charge on any atom is 0.338 e. The standard InChI is InChI=1S/C23H28N2O5S/c1-17-9-6-7-14-21(17)24-22(26)16-30-23(27)18-10-8-13-20(15-18)31(28,29)25(2)19-11-4-3-5-12-19/h3-5,8,10-13,15,17,21H,6-7,9,14,16H2,1-2H3,(H,24,26)/t17-,21+/m0/s1. The number of amides is 1. The molecule has 1 amide bonds. The van der Waals surface area contributed by atoms with Crippen molar-refractivity contribution in [2.24, 2.45) is 5.92 Å². The molecule has 7 nitrogen and oxygen atoms in total. The maximum absolute atomic E-state index is 12.9. The van der Waals surface area contributed by atoms with E-state index in [1.165, 1.54) is 37.7 Å². The van der Waals surface area contributed by atoms with Gasteiger partial charge in [0.25, 0.3) is 15.9 Å². The Labute approximate surface area is 183 Å². The van der Waals surface area contributed by atoms with Crippen LogP contribution in [0.25, 0.3) is 0 Å². The van der Waals surface area contributed by atoms with Crippen LogP contribution in [-0.4, -0.2) is 40.0 Å². The van der Waals surface area contributed by atoms with E-state index in [4.69, 9.17) is 4.74 Å². The summed E-state index contributed by atoms with van der Waals surface area (Å²) in [6.45, 7) is 1.71. The number of para-hydroxylation sites is 1. The van der Waals surface area contributed by atoms with Gasteiger partial charge in [-0.1, -0.05) is 44.0 Å². The summed E-state index contributed by atoms with van der Waals surface area (Å²) in [5, 5.41) is 2.93. The smallest absolute Gasteiger partial charge is 0.338 e. The summed E-state index contributed by atoms with van der Waals surface area (Å²) in [6, 6.07) is 14.4. The number of ether oxygens (including phenoxy) is 1. The van der Waals surface area contributed by atoms with Crippen molar-refractivity contribution in [2.45, 2.75) is 43.5 Å². The predicted octanol–water partition coefficient (Wildman–Crippen LogP) is 3.36. The third-order valence-corrected chi connectivity index (χ3v) is 7.42. The van der Waals surface area contributed by atoms with Crippen LogP contribution >= 0.6 is 0 Å². The minimum absolute atomic E-state index is 0.0335. The van der Waals surface area contributed by atoms with Gasteiger partial charge in [-0.3, -0.25) is 9.10 Å². The summed E-state index contributed by atoms with van der Waals surface area (Å²) in [6.07, 6.45) is 4.24. The summed E-state index contributed by atoms with van der Waals surface area (Å²) < 4.78 is 32.1. The van der Waals surface area contributed by atoms with Gasteiger partial charge in [0, 0.05) is 13.1 Å². The third-order valence-electron chi connectivity index (χ3n) is 5.64. The van der Waals surface area contributed by atoms with Crippen LogP contribution in [0.5, 0.6) is 0 Å². The zero-order chi connectivity index (χ0) is 22.4. The van der Waals surface area contributed by atoms with Crippen LogP contribution < -0.4 is 9.62 Å². The molecule has 1 aliphatic carbocycles. The van der Waals surface area contributed by atoms with Crippen LogP contribution in [0.1, 0.15) is 43.0 Å². The molecule has 0 radical (unpaired) electrons. The summed E-state index contributed by atoms with van der Waals surface area (Å²) in [5.74, 6) is -0.692. The second-order valence-corrected chi connectivity index (χ2v) is 9.82. The average Bonchev–Trinajstić information content (AvgIpc) is 2.79. The summed E-state index contributed by atoms with van der Waals surface area (Å²) in [4.78, 5) is 24.6. The van der Waals surface area contributed by atoms with Crippen LogP contribution in [0.4, 0.5) is 5.69 Å². The number of nitrogens with zero attached hydrogens (tertiary/aromatic N) is 1. The Bertz CT molecular complexity index is 1020. The normalized spacial score (nSPS) is 18.8. The first-order chi connectivity index (χ1) is 14.8. The van der Waals surface area contributed by atoms with E-state index in [9.17, 15) is 18.0 Å². The lowest BCUT2D eigenvalue weighted by molar-refractivity contribution is -0.125. The molecule has 166 valence electrons. The molecule has 31 heavy (non-hydrogen) atoms. The van der Waals surface area contributed by atoms with E-state index in [0.717, 1.165) is 23.6 Å². The van der Waals surface area contributed by atoms with Crippen molar-refractivity contribution < 1.29 is 22.7 Å². The number of anilines is 1. The molecule has 2 aromatic carbocycles. The van der Waals surface area contributed by atoms with E-state index >= 15 is 0 Å². The van der Waals surface area contributed by atoms with Gasteiger partial charge < -0.3 is 10.1 Å². The number of carbonyl (C=O) groups excluding carboxylic acids is 2. The molecule has 0 spiro atoms. The first kappa shape index (κ1) is 22.8. The molecule has 2 aromatic rings. The fourth-order valence-electron chi connectivity index (χ4n) is 3.71. The number of nitrogens with one attached hydrogen (secondary N) is 1. The van der Waals surface area contributed by atoms with Crippen molar-refractivity contribution in [3.8, 4) is 0 Å². The highest BCUT2D eigenvalue weighted by molar-refractivity contribution is 7.92. The van der Waals surface area contributed by atoms with E-state index in [2.05, 4.69) is 12.2 Å². The van der Waals surface area contributed by atoms with Gasteiger partial charge in [0.05, 0.1) is 16.1 Å². The van der Waals surface area contributed by atoms with Gasteiger partial charge in [-0.15, -0.1) is 0 Å². The Morgan fingerprint density at radius 2 is 1.77 bits per heavy atom. The minimum atomic E-state index is -3.86. The summed E-state index contributed by atoms with van der Waals surface area (Å²) >= 11 is 0. The molecule has 1 fully saturated rings. The molecule has 0 heterocycles. The van der Waals surface area contributed by atoms with Crippen molar-refractivity contribution >= 4 is 27.6 Å². The second kappa shape index (κ2) is 9.96. The summed E-state index contributed by atoms with van der Waals surface area (Å²) in [5.41, 5.74) is 0.575. The zero-order valence-electron chi connectivity index (χ0n) is 17.8. The Kier molecular flexibility index (Phi) is 7.33. The molecule has 8 heteroatoms. The van der Waals surface area contributed by atoms with Crippen molar-refractivity contribution in [3.63, 3.8) is 0 Å². The van der Waals surface area contributed by atoms with E-state index in [0.29, 0.717) is 11.6 Å². The number of sulfonamides is 1. The van der Waals surface area contributed by atoms with E-state index in [1.54, 1.807) is 30.3 Å². The number of hydrogen-bond acceptors (Lipinski definition) is 5. The fraction of sp³-hybridized carbons (Fsp3) is 0.391. The summed E-state index contributed by atoms with van der Waals surface area (Å²) in [7, 11) is -2.41. The van der Waals surface area contributed by atoms with Gasteiger partial charge in [-0.25, -0.2) is 13.2 Å². The molecule has 0 unspecified atom stereocenters. The number of hydrogen-bond donors (Lipinski definition) is 1. The van der Waals surface area contributed by atoms with Crippen molar-refractivity contribution in [3.05, 3.63) is 60.2 Å². The molecule has 1 N–H and O–H groups in total. The number of rotatable bonds is 7. The SMILES string of the molecule is C[C@H]1CCCC[C@H]1NC(=O)COC(=O)c1cccc(S(=O)(=O)N(C)c2ccccc2)c1. The lowest BCUT2D eigenvalue weighted by Crippen LogP contribution is -2.42. The molecule has 2 atom stereocenters. The predicted molar refractivity (Wildman–Crippen MR) is 118 cm³/mol. The highest BCUT2D eigenvalue weighted by atomic mass is 32.2. The molecule has 3 rings (SSSR count). The Morgan fingerprint density at radius 3 is 2.48 bits per heavy atom. The van der Waals surface area contributed by atoms with E-state index in [1.807, 2.05) is 0 Å². The van der Waals surface area contributed by atoms with Crippen LogP contribution in [0, 0.1) is 5.92 Å². The van der Waals surface area contributed by atoms with Gasteiger partial charge in [-0.05, 0) is 49.1 Å². The van der Waals surface area contributed by atoms with Crippen molar-refractivity contribution in [1.29, 1.82) is 0 Å². The Balaban J connectivity index is 1.64. The van der Waals surface area contributed by atoms with Gasteiger partial charge in [0.2, 0.25) is 0 Å². The quantitative estimate of drug-likeness (QED) is 0.661. The van der Waals surface area contributed by atoms with Gasteiger partial charge in [0.15, 0.2) is 6.61 Å². The number of benzene rings is 2. The van der Waals surface area contributed by atoms with E-state index < -0.39 is 22.6 Å². The van der Waals surface area contributed by atoms with Gasteiger partial charge in [-0.2, -0.15) is 0 Å². The molecular formula is C23H28N2O5S. The van der Waals surface area contributed by atoms with Crippen LogP contribution in [0.3, 0.4) is 0 Å². The molecule has 1 aliphatic rings. The zero-order valence-corrected chi connectivity index (χ0v) is 18.6. The van der Waals surface area contributed by atoms with Gasteiger partial charge in [0.1, 0.15) is 0 Å². The number of carbonyl (C=O) groups is 2. The number of esters is 1. The Morgan fingerprint density at radius 1 is 1.06 bits per heavy atom. The largest absolute Gasteiger partial charge is 0.452 e. The molecule has 1 saturated carbocycles. The molecule has 0 bridgehead atoms. The maximum atomic E-state index is 12.9. The third kappa shape index (κ3) is 5.64. The minimum Gasteiger partial charge on any atom is -0.452 e. The molecule has 0 saturated heterocycles. The van der Waals surface area contributed by atoms with Crippen molar-refractivity contribution in [1.82, 2.24) is 5.32 Å². The first-order valence-corrected chi connectivity index (χ1v) is 11.8. The van der Waals surface area contributed by atoms with Crippen LogP contribution in [0.2, 0.25) is 0 Å². The molecule has 0 aliphatic heterocycles. The molecular weight excluding hydrogens is 416 g/mol. The van der Waals surface area contributed by atoms with Gasteiger partial charge >= 0.3 is 5.97 Å². The first-order valence-electron chi connectivity index (χ1n) is 10.4. The second-order valence-electron chi connectivity index (χ2n) is 7.85. The fourth-order valence-corrected chi connectivity index (χ4v) is 4.95. The topological polar surface area (TPSA) is 92.8 Å². The lowest BCUT2D eigenvalue weighted by Gasteiger charge is -2.29. The lowest BCUT2D eigenvalue weighted by atomic mass is 9.86. The van der Waals surface area contributed by atoms with Crippen LogP contribution in [0.15, 0.2) is 59.5 Å². The average molecular weight is 445 g/mol. The Hall–Kier alpha value is -2.87. The van der Waals surface area contributed by atoms with Crippen LogP contribution in [-0.2, 0) is 19.6 Å². The molecule has 0 aromatic heterocycles.